The predicted octanol–water partition coefficient (Wildman–Crippen LogP) is -0.458. The third kappa shape index (κ3) is 2.23. The lowest BCUT2D eigenvalue weighted by atomic mass is 10.2. The fourth-order valence-electron chi connectivity index (χ4n) is 3.00. The number of hydrogen-bond acceptors (Lipinski definition) is 3. The summed E-state index contributed by atoms with van der Waals surface area (Å²) in [5, 5.41) is 0. The van der Waals surface area contributed by atoms with Crippen molar-refractivity contribution in [1.82, 2.24) is 0 Å². The van der Waals surface area contributed by atoms with Crippen molar-refractivity contribution in [2.45, 2.75) is 19.4 Å². The van der Waals surface area contributed by atoms with Crippen molar-refractivity contribution in [3.8, 4) is 0 Å². The molecule has 0 aromatic heterocycles. The minimum atomic E-state index is -0.244. The van der Waals surface area contributed by atoms with Crippen LogP contribution in [0.3, 0.4) is 0 Å². The minimum absolute atomic E-state index is 0.0683. The van der Waals surface area contributed by atoms with Gasteiger partial charge < -0.3 is 9.64 Å². The molecular weight excluding hydrogens is 256 g/mol. The number of amides is 2. The van der Waals surface area contributed by atoms with Gasteiger partial charge in [-0.3, -0.25) is 9.59 Å². The molecule has 106 valence electrons. The zero-order chi connectivity index (χ0) is 14.1. The Balaban J connectivity index is 1.85. The van der Waals surface area contributed by atoms with Gasteiger partial charge in [-0.05, 0) is 18.6 Å². The SMILES string of the molecule is Cc1ccccc1N1C(=O)C[C@@H]([NH+]2CCOCC2)C1=O. The maximum atomic E-state index is 12.6. The molecule has 1 aromatic rings. The smallest absolute Gasteiger partial charge is 0.292 e. The van der Waals surface area contributed by atoms with Gasteiger partial charge >= 0.3 is 0 Å². The summed E-state index contributed by atoms with van der Waals surface area (Å²) in [5.74, 6) is -0.158. The summed E-state index contributed by atoms with van der Waals surface area (Å²) in [6.45, 7) is 4.84. The van der Waals surface area contributed by atoms with Gasteiger partial charge in [-0.1, -0.05) is 18.2 Å². The molecule has 20 heavy (non-hydrogen) atoms. The molecule has 2 amide bonds. The summed E-state index contributed by atoms with van der Waals surface area (Å²) in [4.78, 5) is 27.4. The Kier molecular flexibility index (Phi) is 3.54. The Labute approximate surface area is 118 Å². The van der Waals surface area contributed by atoms with Crippen molar-refractivity contribution < 1.29 is 19.2 Å². The zero-order valence-corrected chi connectivity index (χ0v) is 11.6. The molecule has 1 atom stereocenters. The van der Waals surface area contributed by atoms with E-state index >= 15 is 0 Å². The van der Waals surface area contributed by atoms with E-state index in [4.69, 9.17) is 4.74 Å². The lowest BCUT2D eigenvalue weighted by Crippen LogP contribution is -3.18. The third-order valence-corrected chi connectivity index (χ3v) is 4.13. The third-order valence-electron chi connectivity index (χ3n) is 4.13. The van der Waals surface area contributed by atoms with E-state index in [0.29, 0.717) is 19.6 Å². The molecule has 5 nitrogen and oxygen atoms in total. The summed E-state index contributed by atoms with van der Waals surface area (Å²) >= 11 is 0. The molecule has 0 bridgehead atoms. The van der Waals surface area contributed by atoms with Crippen molar-refractivity contribution in [2.75, 3.05) is 31.2 Å². The number of carbonyl (C=O) groups is 2. The monoisotopic (exact) mass is 275 g/mol. The molecule has 2 aliphatic heterocycles. The van der Waals surface area contributed by atoms with Gasteiger partial charge in [0.15, 0.2) is 6.04 Å². The predicted molar refractivity (Wildman–Crippen MR) is 73.6 cm³/mol. The van der Waals surface area contributed by atoms with Crippen molar-refractivity contribution in [1.29, 1.82) is 0 Å². The molecule has 0 unspecified atom stereocenters. The number of ether oxygens (including phenoxy) is 1. The first-order chi connectivity index (χ1) is 9.68. The molecule has 0 saturated carbocycles. The second-order valence-electron chi connectivity index (χ2n) is 5.38. The van der Waals surface area contributed by atoms with Crippen LogP contribution in [-0.4, -0.2) is 44.2 Å². The van der Waals surface area contributed by atoms with Crippen LogP contribution < -0.4 is 9.80 Å². The second kappa shape index (κ2) is 5.34. The molecular formula is C15H19N2O3+. The van der Waals surface area contributed by atoms with Gasteiger partial charge in [0, 0.05) is 0 Å². The lowest BCUT2D eigenvalue weighted by Gasteiger charge is -2.27. The highest BCUT2D eigenvalue weighted by Crippen LogP contribution is 2.25. The molecule has 5 heteroatoms. The number of anilines is 1. The van der Waals surface area contributed by atoms with E-state index in [1.54, 1.807) is 0 Å². The van der Waals surface area contributed by atoms with Gasteiger partial charge in [0.25, 0.3) is 5.91 Å². The molecule has 3 rings (SSSR count). The number of imide groups is 1. The van der Waals surface area contributed by atoms with Crippen LogP contribution in [0.15, 0.2) is 24.3 Å². The Morgan fingerprint density at radius 1 is 1.20 bits per heavy atom. The van der Waals surface area contributed by atoms with Crippen LogP contribution in [0.1, 0.15) is 12.0 Å². The fraction of sp³-hybridized carbons (Fsp3) is 0.467. The summed E-state index contributed by atoms with van der Waals surface area (Å²) in [6.07, 6.45) is 0.308. The number of carbonyl (C=O) groups excluding carboxylic acids is 2. The van der Waals surface area contributed by atoms with Gasteiger partial charge in [-0.15, -0.1) is 0 Å². The number of aryl methyl sites for hydroxylation is 1. The standard InChI is InChI=1S/C15H18N2O3/c1-11-4-2-3-5-12(11)17-14(18)10-13(15(17)19)16-6-8-20-9-7-16/h2-5,13H,6-10H2,1H3/p+1/t13-/m1/s1. The maximum absolute atomic E-state index is 12.6. The largest absolute Gasteiger partial charge is 0.370 e. The van der Waals surface area contributed by atoms with Gasteiger partial charge in [0.05, 0.1) is 25.3 Å². The number of hydrogen-bond donors (Lipinski definition) is 1. The van der Waals surface area contributed by atoms with Crippen LogP contribution in [-0.2, 0) is 14.3 Å². The average Bonchev–Trinajstić information content (AvgIpc) is 2.76. The molecule has 2 heterocycles. The van der Waals surface area contributed by atoms with E-state index in [1.807, 2.05) is 31.2 Å². The molecule has 0 spiro atoms. The molecule has 1 aromatic carbocycles. The highest BCUT2D eigenvalue weighted by Gasteiger charge is 2.46. The van der Waals surface area contributed by atoms with E-state index < -0.39 is 0 Å². The average molecular weight is 275 g/mol. The van der Waals surface area contributed by atoms with Gasteiger partial charge in [-0.2, -0.15) is 0 Å². The van der Waals surface area contributed by atoms with Crippen LogP contribution >= 0.6 is 0 Å². The Hall–Kier alpha value is -1.72. The van der Waals surface area contributed by atoms with Crippen molar-refractivity contribution in [2.24, 2.45) is 0 Å². The van der Waals surface area contributed by atoms with E-state index in [1.165, 1.54) is 9.80 Å². The summed E-state index contributed by atoms with van der Waals surface area (Å²) in [7, 11) is 0. The number of nitrogens with zero attached hydrogens (tertiary/aromatic N) is 1. The highest BCUT2D eigenvalue weighted by molar-refractivity contribution is 6.22. The van der Waals surface area contributed by atoms with Crippen molar-refractivity contribution in [3.05, 3.63) is 29.8 Å². The number of quaternary nitrogens is 1. The van der Waals surface area contributed by atoms with Crippen LogP contribution in [0.5, 0.6) is 0 Å². The first kappa shape index (κ1) is 13.3. The molecule has 2 fully saturated rings. The van der Waals surface area contributed by atoms with Crippen LogP contribution in [0.2, 0.25) is 0 Å². The van der Waals surface area contributed by atoms with Gasteiger partial charge in [-0.25, -0.2) is 4.90 Å². The zero-order valence-electron chi connectivity index (χ0n) is 11.6. The number of benzene rings is 1. The van der Waals surface area contributed by atoms with Crippen molar-refractivity contribution in [3.63, 3.8) is 0 Å². The normalized spacial score (nSPS) is 24.4. The fourth-order valence-corrected chi connectivity index (χ4v) is 3.00. The highest BCUT2D eigenvalue weighted by atomic mass is 16.5. The Bertz CT molecular complexity index is 538. The molecule has 2 aliphatic rings. The molecule has 0 aliphatic carbocycles. The van der Waals surface area contributed by atoms with Crippen molar-refractivity contribution >= 4 is 17.5 Å². The van der Waals surface area contributed by atoms with Gasteiger partial charge in [0.1, 0.15) is 13.1 Å². The summed E-state index contributed by atoms with van der Waals surface area (Å²) in [6, 6.07) is 7.28. The first-order valence-corrected chi connectivity index (χ1v) is 7.03. The van der Waals surface area contributed by atoms with E-state index in [2.05, 4.69) is 0 Å². The molecule has 0 radical (unpaired) electrons. The molecule has 1 N–H and O–H groups in total. The quantitative estimate of drug-likeness (QED) is 0.743. The first-order valence-electron chi connectivity index (χ1n) is 7.03. The van der Waals surface area contributed by atoms with E-state index in [-0.39, 0.29) is 17.9 Å². The number of morpholine rings is 1. The maximum Gasteiger partial charge on any atom is 0.292 e. The van der Waals surface area contributed by atoms with Gasteiger partial charge in [0.2, 0.25) is 5.91 Å². The van der Waals surface area contributed by atoms with Crippen LogP contribution in [0.25, 0.3) is 0 Å². The Morgan fingerprint density at radius 2 is 1.90 bits per heavy atom. The number of rotatable bonds is 2. The van der Waals surface area contributed by atoms with E-state index in [0.717, 1.165) is 24.3 Å². The topological polar surface area (TPSA) is 51.1 Å². The number of nitrogens with one attached hydrogen (secondary N) is 1. The van der Waals surface area contributed by atoms with E-state index in [9.17, 15) is 9.59 Å². The van der Waals surface area contributed by atoms with Crippen LogP contribution in [0.4, 0.5) is 5.69 Å². The number of para-hydroxylation sites is 1. The summed E-state index contributed by atoms with van der Waals surface area (Å²) < 4.78 is 5.32. The lowest BCUT2D eigenvalue weighted by molar-refractivity contribution is -0.922. The minimum Gasteiger partial charge on any atom is -0.370 e. The summed E-state index contributed by atoms with van der Waals surface area (Å²) in [5.41, 5.74) is 1.67. The van der Waals surface area contributed by atoms with Crippen LogP contribution in [0, 0.1) is 6.92 Å². The molecule has 2 saturated heterocycles. The Morgan fingerprint density at radius 3 is 2.60 bits per heavy atom. The second-order valence-corrected chi connectivity index (χ2v) is 5.38.